The Morgan fingerprint density at radius 3 is 2.62 bits per heavy atom. The topological polar surface area (TPSA) is 58.2 Å². The number of benzene rings is 1. The first-order chi connectivity index (χ1) is 7.49. The van der Waals surface area contributed by atoms with Crippen LogP contribution in [0.25, 0.3) is 0 Å². The summed E-state index contributed by atoms with van der Waals surface area (Å²) >= 11 is 5.93. The van der Waals surface area contributed by atoms with Crippen LogP contribution in [0, 0.1) is 6.92 Å². The number of anilines is 1. The van der Waals surface area contributed by atoms with E-state index in [9.17, 15) is 9.59 Å². The van der Waals surface area contributed by atoms with Crippen LogP contribution in [0.1, 0.15) is 12.5 Å². The lowest BCUT2D eigenvalue weighted by molar-refractivity contribution is -0.122. The predicted octanol–water partition coefficient (Wildman–Crippen LogP) is 1.72. The third kappa shape index (κ3) is 3.90. The van der Waals surface area contributed by atoms with E-state index in [0.717, 1.165) is 5.56 Å². The van der Waals surface area contributed by atoms with Gasteiger partial charge in [-0.1, -0.05) is 17.7 Å². The maximum Gasteiger partial charge on any atom is 0.243 e. The molecule has 0 bridgehead atoms. The molecule has 0 radical (unpaired) electrons. The van der Waals surface area contributed by atoms with Gasteiger partial charge in [0.05, 0.1) is 17.3 Å². The smallest absolute Gasteiger partial charge is 0.243 e. The summed E-state index contributed by atoms with van der Waals surface area (Å²) in [6, 6.07) is 5.33. The van der Waals surface area contributed by atoms with E-state index in [-0.39, 0.29) is 18.4 Å². The molecule has 0 heterocycles. The molecule has 0 fully saturated rings. The third-order valence-electron chi connectivity index (χ3n) is 1.90. The van der Waals surface area contributed by atoms with Crippen molar-refractivity contribution in [2.45, 2.75) is 13.8 Å². The van der Waals surface area contributed by atoms with Crippen LogP contribution in [0.15, 0.2) is 18.2 Å². The van der Waals surface area contributed by atoms with Crippen LogP contribution in [-0.2, 0) is 9.59 Å². The van der Waals surface area contributed by atoms with Gasteiger partial charge in [-0.15, -0.1) is 0 Å². The summed E-state index contributed by atoms with van der Waals surface area (Å²) in [5.41, 5.74) is 1.56. The molecule has 0 aliphatic heterocycles. The molecule has 0 unspecified atom stereocenters. The monoisotopic (exact) mass is 240 g/mol. The van der Waals surface area contributed by atoms with Gasteiger partial charge in [-0.05, 0) is 24.6 Å². The van der Waals surface area contributed by atoms with Crippen LogP contribution in [0.4, 0.5) is 5.69 Å². The normalized spacial score (nSPS) is 9.69. The number of nitrogens with one attached hydrogen (secondary N) is 2. The van der Waals surface area contributed by atoms with Crippen molar-refractivity contribution in [3.05, 3.63) is 28.8 Å². The average molecular weight is 241 g/mol. The Bertz CT molecular complexity index is 418. The summed E-state index contributed by atoms with van der Waals surface area (Å²) < 4.78 is 0. The lowest BCUT2D eigenvalue weighted by atomic mass is 10.2. The summed E-state index contributed by atoms with van der Waals surface area (Å²) in [6.07, 6.45) is 0. The average Bonchev–Trinajstić information content (AvgIpc) is 2.19. The second kappa shape index (κ2) is 5.51. The zero-order valence-electron chi connectivity index (χ0n) is 9.13. The van der Waals surface area contributed by atoms with Gasteiger partial charge in [0, 0.05) is 6.92 Å². The zero-order chi connectivity index (χ0) is 12.1. The van der Waals surface area contributed by atoms with E-state index in [1.54, 1.807) is 12.1 Å². The number of aryl methyl sites for hydroxylation is 1. The second-order valence-electron chi connectivity index (χ2n) is 3.44. The Hall–Kier alpha value is -1.55. The Balaban J connectivity index is 2.59. The van der Waals surface area contributed by atoms with Gasteiger partial charge >= 0.3 is 0 Å². The highest BCUT2D eigenvalue weighted by molar-refractivity contribution is 6.33. The summed E-state index contributed by atoms with van der Waals surface area (Å²) in [7, 11) is 0. The molecule has 0 atom stereocenters. The van der Waals surface area contributed by atoms with Crippen LogP contribution in [0.2, 0.25) is 5.02 Å². The summed E-state index contributed by atoms with van der Waals surface area (Å²) in [6.45, 7) is 3.21. The van der Waals surface area contributed by atoms with Gasteiger partial charge in [-0.3, -0.25) is 9.59 Å². The highest BCUT2D eigenvalue weighted by atomic mass is 35.5. The molecule has 0 saturated heterocycles. The Morgan fingerprint density at radius 2 is 2.06 bits per heavy atom. The van der Waals surface area contributed by atoms with Crippen molar-refractivity contribution in [2.24, 2.45) is 0 Å². The SMILES string of the molecule is CC(=O)NCC(=O)Nc1ccc(C)cc1Cl. The summed E-state index contributed by atoms with van der Waals surface area (Å²) in [4.78, 5) is 22.0. The van der Waals surface area contributed by atoms with E-state index in [1.165, 1.54) is 6.92 Å². The van der Waals surface area contributed by atoms with Gasteiger partial charge in [0.2, 0.25) is 11.8 Å². The number of rotatable bonds is 3. The zero-order valence-corrected chi connectivity index (χ0v) is 9.89. The van der Waals surface area contributed by atoms with Crippen molar-refractivity contribution in [3.63, 3.8) is 0 Å². The van der Waals surface area contributed by atoms with Gasteiger partial charge in [0.1, 0.15) is 0 Å². The summed E-state index contributed by atoms with van der Waals surface area (Å²) in [5.74, 6) is -0.550. The molecular formula is C11H13ClN2O2. The molecule has 1 aromatic carbocycles. The van der Waals surface area contributed by atoms with E-state index in [1.807, 2.05) is 13.0 Å². The standard InChI is InChI=1S/C11H13ClN2O2/c1-7-3-4-10(9(12)5-7)14-11(16)6-13-8(2)15/h3-5H,6H2,1-2H3,(H,13,15)(H,14,16). The third-order valence-corrected chi connectivity index (χ3v) is 2.21. The number of amides is 2. The van der Waals surface area contributed by atoms with Crippen LogP contribution >= 0.6 is 11.6 Å². The molecule has 16 heavy (non-hydrogen) atoms. The van der Waals surface area contributed by atoms with Crippen molar-refractivity contribution in [1.29, 1.82) is 0 Å². The first kappa shape index (κ1) is 12.5. The first-order valence-electron chi connectivity index (χ1n) is 4.79. The Morgan fingerprint density at radius 1 is 1.38 bits per heavy atom. The maximum absolute atomic E-state index is 11.4. The van der Waals surface area contributed by atoms with Gasteiger partial charge in [-0.25, -0.2) is 0 Å². The molecule has 0 aliphatic carbocycles. The van der Waals surface area contributed by atoms with Gasteiger partial charge in [-0.2, -0.15) is 0 Å². The molecule has 2 N–H and O–H groups in total. The summed E-state index contributed by atoms with van der Waals surface area (Å²) in [5, 5.41) is 5.49. The highest BCUT2D eigenvalue weighted by Gasteiger charge is 2.05. The van der Waals surface area contributed by atoms with Crippen molar-refractivity contribution >= 4 is 29.1 Å². The van der Waals surface area contributed by atoms with Crippen LogP contribution < -0.4 is 10.6 Å². The molecule has 5 heteroatoms. The van der Waals surface area contributed by atoms with Crippen molar-refractivity contribution in [2.75, 3.05) is 11.9 Å². The van der Waals surface area contributed by atoms with Crippen molar-refractivity contribution in [3.8, 4) is 0 Å². The molecule has 0 aliphatic rings. The van der Waals surface area contributed by atoms with Crippen molar-refractivity contribution in [1.82, 2.24) is 5.32 Å². The van der Waals surface area contributed by atoms with Gasteiger partial charge in [0.15, 0.2) is 0 Å². The second-order valence-corrected chi connectivity index (χ2v) is 3.85. The lowest BCUT2D eigenvalue weighted by Gasteiger charge is -2.07. The molecule has 2 amide bonds. The fraction of sp³-hybridized carbons (Fsp3) is 0.273. The number of carbonyl (C=O) groups is 2. The Kier molecular flexibility index (Phi) is 4.31. The molecular weight excluding hydrogens is 228 g/mol. The molecule has 4 nitrogen and oxygen atoms in total. The molecule has 1 aromatic rings. The lowest BCUT2D eigenvalue weighted by Crippen LogP contribution is -2.31. The molecule has 0 spiro atoms. The number of hydrogen-bond acceptors (Lipinski definition) is 2. The molecule has 1 rings (SSSR count). The van der Waals surface area contributed by atoms with E-state index in [4.69, 9.17) is 11.6 Å². The maximum atomic E-state index is 11.4. The molecule has 0 aromatic heterocycles. The van der Waals surface area contributed by atoms with Crippen LogP contribution in [0.5, 0.6) is 0 Å². The fourth-order valence-corrected chi connectivity index (χ4v) is 1.40. The Labute approximate surface area is 99.0 Å². The number of carbonyl (C=O) groups excluding carboxylic acids is 2. The van der Waals surface area contributed by atoms with E-state index >= 15 is 0 Å². The van der Waals surface area contributed by atoms with E-state index in [0.29, 0.717) is 10.7 Å². The van der Waals surface area contributed by atoms with E-state index in [2.05, 4.69) is 10.6 Å². The first-order valence-corrected chi connectivity index (χ1v) is 5.17. The molecule has 86 valence electrons. The van der Waals surface area contributed by atoms with E-state index < -0.39 is 0 Å². The minimum absolute atomic E-state index is 0.0560. The van der Waals surface area contributed by atoms with Crippen LogP contribution in [-0.4, -0.2) is 18.4 Å². The minimum Gasteiger partial charge on any atom is -0.347 e. The predicted molar refractivity (Wildman–Crippen MR) is 63.5 cm³/mol. The van der Waals surface area contributed by atoms with Gasteiger partial charge in [0.25, 0.3) is 0 Å². The number of halogens is 1. The quantitative estimate of drug-likeness (QED) is 0.845. The fourth-order valence-electron chi connectivity index (χ4n) is 1.12. The number of hydrogen-bond donors (Lipinski definition) is 2. The highest BCUT2D eigenvalue weighted by Crippen LogP contribution is 2.22. The minimum atomic E-state index is -0.305. The van der Waals surface area contributed by atoms with Crippen molar-refractivity contribution < 1.29 is 9.59 Å². The molecule has 0 saturated carbocycles. The van der Waals surface area contributed by atoms with Crippen LogP contribution in [0.3, 0.4) is 0 Å². The van der Waals surface area contributed by atoms with Gasteiger partial charge < -0.3 is 10.6 Å². The largest absolute Gasteiger partial charge is 0.347 e.